The summed E-state index contributed by atoms with van der Waals surface area (Å²) in [6, 6.07) is 12.1. The van der Waals surface area contributed by atoms with Crippen molar-refractivity contribution in [2.24, 2.45) is 0 Å². The number of hydrogen-bond acceptors (Lipinski definition) is 2. The van der Waals surface area contributed by atoms with E-state index in [1.807, 2.05) is 30.3 Å². The lowest BCUT2D eigenvalue weighted by molar-refractivity contribution is 1.43. The molecule has 0 aliphatic rings. The molecule has 0 unspecified atom stereocenters. The van der Waals surface area contributed by atoms with Crippen LogP contribution < -0.4 is 5.73 Å². The normalized spacial score (nSPS) is 11.1. The summed E-state index contributed by atoms with van der Waals surface area (Å²) in [5.41, 5.74) is 7.15. The Bertz CT molecular complexity index is 692. The molecule has 3 rings (SSSR count). The topological polar surface area (TPSA) is 38.9 Å². The van der Waals surface area contributed by atoms with Crippen LogP contribution in [0.15, 0.2) is 42.6 Å². The van der Waals surface area contributed by atoms with Gasteiger partial charge in [0.1, 0.15) is 0 Å². The zero-order chi connectivity index (χ0) is 11.1. The van der Waals surface area contributed by atoms with Crippen LogP contribution in [-0.2, 0) is 0 Å². The zero-order valence-corrected chi connectivity index (χ0v) is 9.20. The van der Waals surface area contributed by atoms with Crippen LogP contribution in [0.4, 0.5) is 5.69 Å². The molecule has 0 aliphatic heterocycles. The maximum absolute atomic E-state index is 6.16. The maximum Gasteiger partial charge on any atom is 0.0796 e. The molecule has 0 amide bonds. The molecule has 3 heteroatoms. The van der Waals surface area contributed by atoms with Crippen molar-refractivity contribution < 1.29 is 0 Å². The Balaban J connectivity index is 2.58. The fourth-order valence-electron chi connectivity index (χ4n) is 1.92. The minimum atomic E-state index is 0.518. The van der Waals surface area contributed by atoms with E-state index in [9.17, 15) is 0 Å². The van der Waals surface area contributed by atoms with E-state index in [-0.39, 0.29) is 0 Å². The fraction of sp³-hybridized carbons (Fsp3) is 0. The molecule has 2 aromatic carbocycles. The molecule has 0 aliphatic carbocycles. The van der Waals surface area contributed by atoms with E-state index in [1.54, 1.807) is 6.20 Å². The van der Waals surface area contributed by atoms with Crippen LogP contribution in [0.25, 0.3) is 21.7 Å². The lowest BCUT2D eigenvalue weighted by Gasteiger charge is -2.05. The van der Waals surface area contributed by atoms with Crippen molar-refractivity contribution in [2.75, 3.05) is 5.73 Å². The van der Waals surface area contributed by atoms with Gasteiger partial charge in [-0.3, -0.25) is 4.98 Å². The van der Waals surface area contributed by atoms with Gasteiger partial charge in [-0.2, -0.15) is 0 Å². The minimum Gasteiger partial charge on any atom is -0.396 e. The largest absolute Gasteiger partial charge is 0.396 e. The van der Waals surface area contributed by atoms with Crippen LogP contribution in [0.5, 0.6) is 0 Å². The summed E-state index contributed by atoms with van der Waals surface area (Å²) in [5.74, 6) is 0. The third-order valence-electron chi connectivity index (χ3n) is 2.72. The van der Waals surface area contributed by atoms with Crippen molar-refractivity contribution >= 4 is 39.0 Å². The molecule has 0 saturated heterocycles. The highest BCUT2D eigenvalue weighted by Crippen LogP contribution is 2.31. The highest BCUT2D eigenvalue weighted by molar-refractivity contribution is 6.38. The van der Waals surface area contributed by atoms with Gasteiger partial charge in [-0.25, -0.2) is 0 Å². The molecular weight excluding hydrogens is 220 g/mol. The van der Waals surface area contributed by atoms with Gasteiger partial charge in [0, 0.05) is 10.8 Å². The number of pyridine rings is 1. The molecule has 2 N–H and O–H groups in total. The van der Waals surface area contributed by atoms with E-state index in [0.29, 0.717) is 10.7 Å². The lowest BCUT2D eigenvalue weighted by atomic mass is 10.1. The van der Waals surface area contributed by atoms with E-state index in [0.717, 1.165) is 21.7 Å². The predicted molar refractivity (Wildman–Crippen MR) is 68.7 cm³/mol. The first-order valence-electron chi connectivity index (χ1n) is 4.99. The van der Waals surface area contributed by atoms with Crippen LogP contribution in [0.1, 0.15) is 0 Å². The molecule has 2 nitrogen and oxygen atoms in total. The molecular formula is C13H9ClN2. The predicted octanol–water partition coefficient (Wildman–Crippen LogP) is 3.62. The summed E-state index contributed by atoms with van der Waals surface area (Å²) < 4.78 is 0. The summed E-state index contributed by atoms with van der Waals surface area (Å²) in [7, 11) is 0. The first-order valence-corrected chi connectivity index (χ1v) is 5.36. The number of halogens is 1. The number of nitrogens with two attached hydrogens (primary N) is 1. The third-order valence-corrected chi connectivity index (χ3v) is 3.15. The number of anilines is 1. The van der Waals surface area contributed by atoms with Gasteiger partial charge in [0.15, 0.2) is 0 Å². The first-order chi connectivity index (χ1) is 7.77. The van der Waals surface area contributed by atoms with Gasteiger partial charge in [0.2, 0.25) is 0 Å². The Labute approximate surface area is 97.7 Å². The molecule has 1 aromatic heterocycles. The smallest absolute Gasteiger partial charge is 0.0796 e. The van der Waals surface area contributed by atoms with Gasteiger partial charge in [0.05, 0.1) is 22.4 Å². The Kier molecular flexibility index (Phi) is 1.98. The summed E-state index contributed by atoms with van der Waals surface area (Å²) in [4.78, 5) is 4.36. The molecule has 3 aromatic rings. The van der Waals surface area contributed by atoms with Gasteiger partial charge in [-0.1, -0.05) is 48.0 Å². The maximum atomic E-state index is 6.16. The monoisotopic (exact) mass is 228 g/mol. The van der Waals surface area contributed by atoms with E-state index in [1.165, 1.54) is 0 Å². The molecule has 0 radical (unpaired) electrons. The number of hydrogen-bond donors (Lipinski definition) is 1. The summed E-state index contributed by atoms with van der Waals surface area (Å²) >= 11 is 6.16. The number of benzene rings is 2. The van der Waals surface area contributed by atoms with Gasteiger partial charge < -0.3 is 5.73 Å². The second-order valence-electron chi connectivity index (χ2n) is 3.71. The Morgan fingerprint density at radius 1 is 1.00 bits per heavy atom. The van der Waals surface area contributed by atoms with Gasteiger partial charge in [-0.15, -0.1) is 0 Å². The second kappa shape index (κ2) is 3.35. The highest BCUT2D eigenvalue weighted by atomic mass is 35.5. The molecule has 0 spiro atoms. The summed E-state index contributed by atoms with van der Waals surface area (Å²) in [6.45, 7) is 0. The Morgan fingerprint density at radius 3 is 2.69 bits per heavy atom. The molecule has 0 saturated carbocycles. The van der Waals surface area contributed by atoms with Crippen molar-refractivity contribution in [1.82, 2.24) is 4.98 Å². The lowest BCUT2D eigenvalue weighted by Crippen LogP contribution is -1.90. The quantitative estimate of drug-likeness (QED) is 0.597. The number of nitrogen functional groups attached to an aromatic ring is 1. The molecule has 78 valence electrons. The van der Waals surface area contributed by atoms with E-state index >= 15 is 0 Å². The van der Waals surface area contributed by atoms with Crippen LogP contribution in [-0.4, -0.2) is 4.98 Å². The van der Waals surface area contributed by atoms with Crippen LogP contribution >= 0.6 is 11.6 Å². The zero-order valence-electron chi connectivity index (χ0n) is 8.44. The van der Waals surface area contributed by atoms with Gasteiger partial charge >= 0.3 is 0 Å². The number of aromatic nitrogens is 1. The molecule has 0 fully saturated rings. The van der Waals surface area contributed by atoms with Crippen molar-refractivity contribution in [3.63, 3.8) is 0 Å². The van der Waals surface area contributed by atoms with Crippen molar-refractivity contribution in [3.8, 4) is 0 Å². The average molecular weight is 229 g/mol. The van der Waals surface area contributed by atoms with Gasteiger partial charge in [-0.05, 0) is 5.39 Å². The van der Waals surface area contributed by atoms with E-state index in [4.69, 9.17) is 17.3 Å². The molecule has 0 atom stereocenters. The summed E-state index contributed by atoms with van der Waals surface area (Å²) in [5, 5.41) is 3.74. The minimum absolute atomic E-state index is 0.518. The second-order valence-corrected chi connectivity index (χ2v) is 4.09. The molecule has 0 bridgehead atoms. The standard InChI is InChI=1S/C13H9ClN2/c14-12-10-6-5-8-3-1-2-4-9(8)13(10)16-7-11(12)15/h1-7H,15H2. The van der Waals surface area contributed by atoms with Crippen LogP contribution in [0, 0.1) is 0 Å². The fourth-order valence-corrected chi connectivity index (χ4v) is 2.12. The van der Waals surface area contributed by atoms with Crippen LogP contribution in [0.3, 0.4) is 0 Å². The average Bonchev–Trinajstić information content (AvgIpc) is 2.33. The number of nitrogens with zero attached hydrogens (tertiary/aromatic N) is 1. The molecule has 16 heavy (non-hydrogen) atoms. The van der Waals surface area contributed by atoms with Crippen molar-refractivity contribution in [3.05, 3.63) is 47.6 Å². The molecule has 1 heterocycles. The van der Waals surface area contributed by atoms with Crippen molar-refractivity contribution in [2.45, 2.75) is 0 Å². The van der Waals surface area contributed by atoms with Gasteiger partial charge in [0.25, 0.3) is 0 Å². The third kappa shape index (κ3) is 1.24. The Hall–Kier alpha value is -1.80. The highest BCUT2D eigenvalue weighted by Gasteiger charge is 2.06. The number of fused-ring (bicyclic) bond motifs is 3. The first kappa shape index (κ1) is 9.43. The summed E-state index contributed by atoms with van der Waals surface area (Å²) in [6.07, 6.45) is 1.61. The van der Waals surface area contributed by atoms with Crippen molar-refractivity contribution in [1.29, 1.82) is 0 Å². The number of rotatable bonds is 0. The SMILES string of the molecule is Nc1cnc2c(ccc3ccccc32)c1Cl. The van der Waals surface area contributed by atoms with E-state index in [2.05, 4.69) is 11.1 Å². The van der Waals surface area contributed by atoms with Crippen LogP contribution in [0.2, 0.25) is 5.02 Å². The Morgan fingerprint density at radius 2 is 1.81 bits per heavy atom. The van der Waals surface area contributed by atoms with E-state index < -0.39 is 0 Å².